The van der Waals surface area contributed by atoms with Crippen molar-refractivity contribution in [1.29, 1.82) is 0 Å². The van der Waals surface area contributed by atoms with Crippen molar-refractivity contribution < 1.29 is 19.1 Å². The summed E-state index contributed by atoms with van der Waals surface area (Å²) in [6.07, 6.45) is -0.184. The largest absolute Gasteiger partial charge is 0.468 e. The van der Waals surface area contributed by atoms with Gasteiger partial charge in [0.25, 0.3) is 0 Å². The van der Waals surface area contributed by atoms with Crippen LogP contribution in [0.3, 0.4) is 0 Å². The number of rotatable bonds is 3. The topological polar surface area (TPSA) is 76.7 Å². The van der Waals surface area contributed by atoms with Crippen LogP contribution >= 0.6 is 12.4 Å². The second-order valence-electron chi connectivity index (χ2n) is 3.30. The zero-order chi connectivity index (χ0) is 11.3. The first-order valence-corrected chi connectivity index (χ1v) is 4.84. The number of methoxy groups -OCH3 is 1. The summed E-state index contributed by atoms with van der Waals surface area (Å²) in [7, 11) is 1.28. The van der Waals surface area contributed by atoms with Crippen LogP contribution in [0.1, 0.15) is 6.92 Å². The van der Waals surface area contributed by atoms with Crippen LogP contribution in [0.2, 0.25) is 0 Å². The summed E-state index contributed by atoms with van der Waals surface area (Å²) in [5, 5.41) is 5.50. The van der Waals surface area contributed by atoms with Gasteiger partial charge in [-0.05, 0) is 6.92 Å². The van der Waals surface area contributed by atoms with Crippen LogP contribution in [0, 0.1) is 0 Å². The lowest BCUT2D eigenvalue weighted by atomic mass is 10.1. The second kappa shape index (κ2) is 7.43. The molecule has 0 unspecified atom stereocenters. The zero-order valence-electron chi connectivity index (χ0n) is 9.32. The minimum atomic E-state index is -0.465. The number of esters is 1. The quantitative estimate of drug-likeness (QED) is 0.635. The van der Waals surface area contributed by atoms with Crippen molar-refractivity contribution in [1.82, 2.24) is 10.6 Å². The number of nitrogens with one attached hydrogen (secondary N) is 2. The Bertz CT molecular complexity index is 250. The Morgan fingerprint density at radius 1 is 1.56 bits per heavy atom. The first-order chi connectivity index (χ1) is 7.15. The molecule has 6 nitrogen and oxygen atoms in total. The van der Waals surface area contributed by atoms with Crippen molar-refractivity contribution in [2.24, 2.45) is 0 Å². The third-order valence-electron chi connectivity index (χ3n) is 2.23. The molecule has 1 fully saturated rings. The summed E-state index contributed by atoms with van der Waals surface area (Å²) in [6, 6.07) is -0.400. The number of amides is 1. The predicted octanol–water partition coefficient (Wildman–Crippen LogP) is -0.926. The zero-order valence-corrected chi connectivity index (χ0v) is 10.1. The average molecular weight is 253 g/mol. The molecule has 7 heteroatoms. The first-order valence-electron chi connectivity index (χ1n) is 4.84. The number of carbonyl (C=O) groups is 2. The molecule has 1 rings (SSSR count). The van der Waals surface area contributed by atoms with E-state index in [4.69, 9.17) is 4.74 Å². The second-order valence-corrected chi connectivity index (χ2v) is 3.30. The lowest BCUT2D eigenvalue weighted by Crippen LogP contribution is -2.56. The van der Waals surface area contributed by atoms with Crippen LogP contribution in [0.25, 0.3) is 0 Å². The van der Waals surface area contributed by atoms with E-state index in [0.717, 1.165) is 0 Å². The Labute approximate surface area is 100 Å². The summed E-state index contributed by atoms with van der Waals surface area (Å²) in [5.41, 5.74) is 0. The molecular weight excluding hydrogens is 236 g/mol. The Hall–Kier alpha value is -0.850. The van der Waals surface area contributed by atoms with Gasteiger partial charge in [-0.3, -0.25) is 9.59 Å². The molecule has 0 bridgehead atoms. The Kier molecular flexibility index (Phi) is 7.03. The molecule has 1 amide bonds. The highest BCUT2D eigenvalue weighted by Crippen LogP contribution is 2.03. The molecule has 1 aliphatic rings. The van der Waals surface area contributed by atoms with Crippen LogP contribution < -0.4 is 10.6 Å². The van der Waals surface area contributed by atoms with E-state index < -0.39 is 12.0 Å². The summed E-state index contributed by atoms with van der Waals surface area (Å²) < 4.78 is 9.71. The third-order valence-corrected chi connectivity index (χ3v) is 2.23. The number of hydrogen-bond donors (Lipinski definition) is 2. The van der Waals surface area contributed by atoms with Crippen molar-refractivity contribution in [3.05, 3.63) is 0 Å². The lowest BCUT2D eigenvalue weighted by molar-refractivity contribution is -0.142. The number of halogens is 1. The number of carbonyl (C=O) groups excluding carboxylic acids is 2. The normalized spacial score (nSPS) is 24.1. The smallest absolute Gasteiger partial charge is 0.325 e. The summed E-state index contributed by atoms with van der Waals surface area (Å²) in [5.74, 6) is -0.708. The Morgan fingerprint density at radius 3 is 2.81 bits per heavy atom. The van der Waals surface area contributed by atoms with E-state index in [-0.39, 0.29) is 31.0 Å². The molecule has 1 aliphatic heterocycles. The summed E-state index contributed by atoms with van der Waals surface area (Å²) >= 11 is 0. The molecule has 0 aliphatic carbocycles. The lowest BCUT2D eigenvalue weighted by Gasteiger charge is -2.29. The fourth-order valence-corrected chi connectivity index (χ4v) is 1.37. The van der Waals surface area contributed by atoms with Gasteiger partial charge in [0.2, 0.25) is 5.91 Å². The maximum atomic E-state index is 11.6. The van der Waals surface area contributed by atoms with Crippen molar-refractivity contribution in [3.63, 3.8) is 0 Å². The van der Waals surface area contributed by atoms with Gasteiger partial charge in [0.1, 0.15) is 12.6 Å². The van der Waals surface area contributed by atoms with Crippen LogP contribution in [0.5, 0.6) is 0 Å². The monoisotopic (exact) mass is 252 g/mol. The fraction of sp³-hybridized carbons (Fsp3) is 0.778. The van der Waals surface area contributed by atoms with Gasteiger partial charge in [-0.2, -0.15) is 0 Å². The molecule has 2 atom stereocenters. The van der Waals surface area contributed by atoms with Crippen LogP contribution in [-0.2, 0) is 19.1 Å². The van der Waals surface area contributed by atoms with Crippen molar-refractivity contribution in [3.8, 4) is 0 Å². The van der Waals surface area contributed by atoms with Gasteiger partial charge in [-0.25, -0.2) is 0 Å². The molecule has 94 valence electrons. The standard InChI is InChI=1S/C9H16N2O4.ClH/c1-6-8(10-3-4-15-6)9(13)11-5-7(12)14-2;/h6,8,10H,3-5H2,1-2H3,(H,11,13);1H/t6-,8+;/m1./s1. The van der Waals surface area contributed by atoms with E-state index >= 15 is 0 Å². The minimum absolute atomic E-state index is 0. The summed E-state index contributed by atoms with van der Waals surface area (Å²) in [4.78, 5) is 22.4. The highest BCUT2D eigenvalue weighted by atomic mass is 35.5. The number of ether oxygens (including phenoxy) is 2. The predicted molar refractivity (Wildman–Crippen MR) is 59.5 cm³/mol. The van der Waals surface area contributed by atoms with E-state index in [0.29, 0.717) is 13.2 Å². The van der Waals surface area contributed by atoms with Gasteiger partial charge in [-0.1, -0.05) is 0 Å². The molecule has 1 heterocycles. The van der Waals surface area contributed by atoms with E-state index in [9.17, 15) is 9.59 Å². The maximum absolute atomic E-state index is 11.6. The number of morpholine rings is 1. The molecule has 0 aromatic heterocycles. The Balaban J connectivity index is 0.00000225. The third kappa shape index (κ3) is 4.34. The van der Waals surface area contributed by atoms with Crippen molar-refractivity contribution in [2.75, 3.05) is 26.8 Å². The molecule has 2 N–H and O–H groups in total. The Morgan fingerprint density at radius 2 is 2.25 bits per heavy atom. The van der Waals surface area contributed by atoms with Gasteiger partial charge < -0.3 is 20.1 Å². The van der Waals surface area contributed by atoms with Crippen LogP contribution in [0.4, 0.5) is 0 Å². The summed E-state index contributed by atoms with van der Waals surface area (Å²) in [6.45, 7) is 2.94. The molecule has 0 saturated carbocycles. The molecule has 0 spiro atoms. The van der Waals surface area contributed by atoms with Crippen molar-refractivity contribution in [2.45, 2.75) is 19.1 Å². The number of hydrogen-bond acceptors (Lipinski definition) is 5. The molecule has 0 aromatic carbocycles. The first kappa shape index (κ1) is 15.2. The maximum Gasteiger partial charge on any atom is 0.325 e. The molecule has 0 aromatic rings. The van der Waals surface area contributed by atoms with Crippen molar-refractivity contribution >= 4 is 24.3 Å². The van der Waals surface area contributed by atoms with Gasteiger partial charge in [0.05, 0.1) is 19.8 Å². The molecule has 1 saturated heterocycles. The van der Waals surface area contributed by atoms with E-state index in [1.54, 1.807) is 0 Å². The minimum Gasteiger partial charge on any atom is -0.468 e. The fourth-order valence-electron chi connectivity index (χ4n) is 1.37. The molecule has 16 heavy (non-hydrogen) atoms. The van der Waals surface area contributed by atoms with E-state index in [2.05, 4.69) is 15.4 Å². The average Bonchev–Trinajstić information content (AvgIpc) is 2.26. The molecular formula is C9H17ClN2O4. The highest BCUT2D eigenvalue weighted by Gasteiger charge is 2.28. The van der Waals surface area contributed by atoms with Crippen LogP contribution in [0.15, 0.2) is 0 Å². The van der Waals surface area contributed by atoms with Gasteiger partial charge in [0.15, 0.2) is 0 Å². The van der Waals surface area contributed by atoms with Gasteiger partial charge in [-0.15, -0.1) is 12.4 Å². The molecule has 0 radical (unpaired) electrons. The van der Waals surface area contributed by atoms with E-state index in [1.807, 2.05) is 6.92 Å². The van der Waals surface area contributed by atoms with E-state index in [1.165, 1.54) is 7.11 Å². The highest BCUT2D eigenvalue weighted by molar-refractivity contribution is 5.86. The van der Waals surface area contributed by atoms with Gasteiger partial charge >= 0.3 is 5.97 Å². The van der Waals surface area contributed by atoms with Crippen LogP contribution in [-0.4, -0.2) is 50.8 Å². The SMILES string of the molecule is COC(=O)CNC(=O)[C@H]1NCCO[C@@H]1C.Cl. The van der Waals surface area contributed by atoms with Gasteiger partial charge in [0, 0.05) is 6.54 Å².